The fourth-order valence-corrected chi connectivity index (χ4v) is 2.06. The molecule has 0 aromatic carbocycles. The molecule has 0 aromatic rings. The van der Waals surface area contributed by atoms with Crippen LogP contribution in [0.3, 0.4) is 0 Å². The number of hydrogen-bond donors (Lipinski definition) is 0. The quantitative estimate of drug-likeness (QED) is 0.479. The third-order valence-corrected chi connectivity index (χ3v) is 2.73. The molecular formula is C10H14O. The first-order valence-corrected chi connectivity index (χ1v) is 4.19. The van der Waals surface area contributed by atoms with Crippen LogP contribution in [0.15, 0.2) is 0 Å². The van der Waals surface area contributed by atoms with Gasteiger partial charge in [0.1, 0.15) is 0 Å². The Bertz CT molecular complexity index is 243. The molecule has 0 saturated carbocycles. The van der Waals surface area contributed by atoms with Crippen LogP contribution in [-0.2, 0) is 4.74 Å². The summed E-state index contributed by atoms with van der Waals surface area (Å²) in [6, 6.07) is 0. The standard InChI is InChI=1S/C10H14O/c1-9(2)7-10(3)5-4-8(10)6-11-9/h8H,6-7H2,1-3H3/t8-,10+/m1/s1. The molecule has 60 valence electrons. The summed E-state index contributed by atoms with van der Waals surface area (Å²) in [5, 5.41) is 0. The topological polar surface area (TPSA) is 9.23 Å². The van der Waals surface area contributed by atoms with Gasteiger partial charge in [0.15, 0.2) is 0 Å². The van der Waals surface area contributed by atoms with Crippen molar-refractivity contribution in [2.45, 2.75) is 32.8 Å². The van der Waals surface area contributed by atoms with E-state index >= 15 is 0 Å². The van der Waals surface area contributed by atoms with Crippen LogP contribution in [0.5, 0.6) is 0 Å². The van der Waals surface area contributed by atoms with Gasteiger partial charge in [-0.3, -0.25) is 0 Å². The highest BCUT2D eigenvalue weighted by Crippen LogP contribution is 2.45. The minimum absolute atomic E-state index is 0.0420. The number of ether oxygens (including phenoxy) is 1. The van der Waals surface area contributed by atoms with Gasteiger partial charge in [-0.25, -0.2) is 0 Å². The predicted molar refractivity (Wildman–Crippen MR) is 44.0 cm³/mol. The molecule has 11 heavy (non-hydrogen) atoms. The van der Waals surface area contributed by atoms with Gasteiger partial charge in [0, 0.05) is 5.41 Å². The van der Waals surface area contributed by atoms with Crippen molar-refractivity contribution in [3.05, 3.63) is 0 Å². The van der Waals surface area contributed by atoms with Gasteiger partial charge in [-0.15, -0.1) is 0 Å². The van der Waals surface area contributed by atoms with E-state index in [1.54, 1.807) is 0 Å². The Morgan fingerprint density at radius 3 is 2.45 bits per heavy atom. The van der Waals surface area contributed by atoms with Gasteiger partial charge in [-0.05, 0) is 27.2 Å². The van der Waals surface area contributed by atoms with E-state index in [1.807, 2.05) is 0 Å². The lowest BCUT2D eigenvalue weighted by Crippen LogP contribution is -2.48. The summed E-state index contributed by atoms with van der Waals surface area (Å²) < 4.78 is 5.66. The zero-order valence-corrected chi connectivity index (χ0v) is 7.40. The van der Waals surface area contributed by atoms with Crippen LogP contribution in [0, 0.1) is 23.2 Å². The first-order chi connectivity index (χ1) is 5.02. The van der Waals surface area contributed by atoms with Crippen molar-refractivity contribution < 1.29 is 4.74 Å². The van der Waals surface area contributed by atoms with E-state index in [1.165, 1.54) is 0 Å². The fourth-order valence-electron chi connectivity index (χ4n) is 2.06. The number of fused-ring (bicyclic) bond motifs is 1. The average molecular weight is 150 g/mol. The lowest BCUT2D eigenvalue weighted by atomic mass is 9.64. The van der Waals surface area contributed by atoms with E-state index < -0.39 is 0 Å². The van der Waals surface area contributed by atoms with E-state index in [-0.39, 0.29) is 11.0 Å². The van der Waals surface area contributed by atoms with Crippen molar-refractivity contribution in [3.8, 4) is 11.8 Å². The monoisotopic (exact) mass is 150 g/mol. The molecule has 1 aliphatic heterocycles. The largest absolute Gasteiger partial charge is 0.374 e. The zero-order chi connectivity index (χ0) is 8.11. The van der Waals surface area contributed by atoms with E-state index in [4.69, 9.17) is 4.74 Å². The summed E-state index contributed by atoms with van der Waals surface area (Å²) in [5.74, 6) is 6.91. The van der Waals surface area contributed by atoms with E-state index in [9.17, 15) is 0 Å². The second-order valence-electron chi connectivity index (χ2n) is 4.49. The predicted octanol–water partition coefficient (Wildman–Crippen LogP) is 1.82. The molecule has 1 nitrogen and oxygen atoms in total. The molecule has 0 amide bonds. The van der Waals surface area contributed by atoms with Crippen LogP contribution in [-0.4, -0.2) is 12.2 Å². The summed E-state index contributed by atoms with van der Waals surface area (Å²) in [4.78, 5) is 0. The van der Waals surface area contributed by atoms with Crippen molar-refractivity contribution in [3.63, 3.8) is 0 Å². The first-order valence-electron chi connectivity index (χ1n) is 4.19. The highest BCUT2D eigenvalue weighted by Gasteiger charge is 2.46. The van der Waals surface area contributed by atoms with Crippen LogP contribution in [0.25, 0.3) is 0 Å². The van der Waals surface area contributed by atoms with Crippen molar-refractivity contribution in [2.75, 3.05) is 6.61 Å². The molecule has 1 fully saturated rings. The van der Waals surface area contributed by atoms with E-state index in [0.717, 1.165) is 13.0 Å². The van der Waals surface area contributed by atoms with Crippen molar-refractivity contribution in [1.82, 2.24) is 0 Å². The van der Waals surface area contributed by atoms with Gasteiger partial charge in [-0.1, -0.05) is 11.8 Å². The molecule has 0 bridgehead atoms. The summed E-state index contributed by atoms with van der Waals surface area (Å²) in [7, 11) is 0. The van der Waals surface area contributed by atoms with Gasteiger partial charge >= 0.3 is 0 Å². The SMILES string of the molecule is CC1(C)C[C@]2(C)C#C[C@@H]2CO1. The molecular weight excluding hydrogens is 136 g/mol. The van der Waals surface area contributed by atoms with Crippen LogP contribution in [0.1, 0.15) is 27.2 Å². The number of hydrogen-bond acceptors (Lipinski definition) is 1. The maximum absolute atomic E-state index is 5.66. The molecule has 1 saturated heterocycles. The molecule has 0 N–H and O–H groups in total. The molecule has 0 unspecified atom stereocenters. The third kappa shape index (κ3) is 0.973. The normalized spacial score (nSPS) is 44.8. The average Bonchev–Trinajstić information content (AvgIpc) is 1.82. The Morgan fingerprint density at radius 1 is 1.36 bits per heavy atom. The summed E-state index contributed by atoms with van der Waals surface area (Å²) in [5.41, 5.74) is 0.308. The Morgan fingerprint density at radius 2 is 2.09 bits per heavy atom. The smallest absolute Gasteiger partial charge is 0.0642 e. The molecule has 2 rings (SSSR count). The molecule has 2 atom stereocenters. The lowest BCUT2D eigenvalue weighted by molar-refractivity contribution is -0.109. The highest BCUT2D eigenvalue weighted by atomic mass is 16.5. The molecule has 0 spiro atoms. The molecule has 0 aromatic heterocycles. The van der Waals surface area contributed by atoms with Gasteiger partial charge in [0.05, 0.1) is 18.1 Å². The minimum atomic E-state index is 0.0420. The third-order valence-electron chi connectivity index (χ3n) is 2.73. The van der Waals surface area contributed by atoms with Crippen molar-refractivity contribution in [1.29, 1.82) is 0 Å². The fraction of sp³-hybridized carbons (Fsp3) is 0.800. The van der Waals surface area contributed by atoms with Gasteiger partial charge in [-0.2, -0.15) is 0 Å². The van der Waals surface area contributed by atoms with Crippen molar-refractivity contribution >= 4 is 0 Å². The van der Waals surface area contributed by atoms with Crippen LogP contribution < -0.4 is 0 Å². The lowest BCUT2D eigenvalue weighted by Gasteiger charge is -2.47. The molecule has 2 aliphatic rings. The second-order valence-corrected chi connectivity index (χ2v) is 4.49. The van der Waals surface area contributed by atoms with E-state index in [0.29, 0.717) is 5.92 Å². The summed E-state index contributed by atoms with van der Waals surface area (Å²) in [6.45, 7) is 7.37. The van der Waals surface area contributed by atoms with E-state index in [2.05, 4.69) is 32.6 Å². The maximum atomic E-state index is 5.66. The van der Waals surface area contributed by atoms with Crippen LogP contribution >= 0.6 is 0 Å². The van der Waals surface area contributed by atoms with Gasteiger partial charge in [0.2, 0.25) is 0 Å². The second kappa shape index (κ2) is 1.81. The Kier molecular flexibility index (Phi) is 1.18. The Hall–Kier alpha value is -0.480. The summed E-state index contributed by atoms with van der Waals surface area (Å²) in [6.07, 6.45) is 1.08. The van der Waals surface area contributed by atoms with Gasteiger partial charge < -0.3 is 4.74 Å². The highest BCUT2D eigenvalue weighted by molar-refractivity contribution is 5.31. The van der Waals surface area contributed by atoms with Gasteiger partial charge in [0.25, 0.3) is 0 Å². The molecule has 1 aliphatic carbocycles. The molecule has 0 radical (unpaired) electrons. The minimum Gasteiger partial charge on any atom is -0.374 e. The summed E-state index contributed by atoms with van der Waals surface area (Å²) >= 11 is 0. The molecule has 1 heterocycles. The molecule has 1 heteroatoms. The Labute approximate surface area is 68.1 Å². The van der Waals surface area contributed by atoms with Crippen LogP contribution in [0.4, 0.5) is 0 Å². The Balaban J connectivity index is 2.20. The first kappa shape index (κ1) is 7.18. The maximum Gasteiger partial charge on any atom is 0.0642 e. The zero-order valence-electron chi connectivity index (χ0n) is 7.40. The van der Waals surface area contributed by atoms with Crippen molar-refractivity contribution in [2.24, 2.45) is 11.3 Å². The number of rotatable bonds is 0. The van der Waals surface area contributed by atoms with Crippen LogP contribution in [0.2, 0.25) is 0 Å².